The van der Waals surface area contributed by atoms with Crippen LogP contribution in [0.25, 0.3) is 6.08 Å². The quantitative estimate of drug-likeness (QED) is 0.322. The Morgan fingerprint density at radius 3 is 2.66 bits per heavy atom. The van der Waals surface area contributed by atoms with E-state index in [1.165, 1.54) is 27.9 Å². The van der Waals surface area contributed by atoms with Gasteiger partial charge in [-0.05, 0) is 73.0 Å². The number of anilines is 1. The van der Waals surface area contributed by atoms with Gasteiger partial charge in [0.25, 0.3) is 0 Å². The van der Waals surface area contributed by atoms with Crippen LogP contribution >= 0.6 is 23.6 Å². The van der Waals surface area contributed by atoms with Crippen molar-refractivity contribution in [2.75, 3.05) is 11.9 Å². The number of benzene rings is 1. The van der Waals surface area contributed by atoms with Crippen molar-refractivity contribution in [2.24, 2.45) is 5.92 Å². The third-order valence-electron chi connectivity index (χ3n) is 5.49. The van der Waals surface area contributed by atoms with E-state index in [-0.39, 0.29) is 17.0 Å². The molecule has 0 radical (unpaired) electrons. The fourth-order valence-electron chi connectivity index (χ4n) is 3.71. The van der Waals surface area contributed by atoms with Crippen molar-refractivity contribution in [3.8, 4) is 0 Å². The van der Waals surface area contributed by atoms with Crippen molar-refractivity contribution in [2.45, 2.75) is 52.9 Å². The van der Waals surface area contributed by atoms with Crippen molar-refractivity contribution in [3.63, 3.8) is 0 Å². The summed E-state index contributed by atoms with van der Waals surface area (Å²) in [5.41, 5.74) is 3.79. The van der Waals surface area contributed by atoms with Crippen molar-refractivity contribution in [1.29, 1.82) is 0 Å². The molecule has 0 aliphatic heterocycles. The standard InChI is InChI=1S/C25H30N2O3S2/c1-5-30-24(29)22-19-12-6-16(4)14-20(19)32-23(22)27-25(31)26-21(28)13-9-17-7-10-18(11-8-17)15(2)3/h7-11,13,15-16H,5-6,12,14H2,1-4H3,(H2,26,27,28,31)/b13-9+/t16-/m0/s1. The molecular formula is C25H30N2O3S2. The number of ether oxygens (including phenoxy) is 1. The van der Waals surface area contributed by atoms with Gasteiger partial charge in [-0.25, -0.2) is 4.79 Å². The van der Waals surface area contributed by atoms with E-state index in [9.17, 15) is 9.59 Å². The van der Waals surface area contributed by atoms with Crippen LogP contribution in [0.4, 0.5) is 5.00 Å². The van der Waals surface area contributed by atoms with Gasteiger partial charge in [-0.3, -0.25) is 10.1 Å². The predicted octanol–water partition coefficient (Wildman–Crippen LogP) is 5.70. The summed E-state index contributed by atoms with van der Waals surface area (Å²) >= 11 is 6.86. The number of hydrogen-bond acceptors (Lipinski definition) is 5. The SMILES string of the molecule is CCOC(=O)c1c(NC(=S)NC(=O)/C=C/c2ccc(C(C)C)cc2)sc2c1CC[C@H](C)C2. The third kappa shape index (κ3) is 6.04. The van der Waals surface area contributed by atoms with E-state index in [2.05, 4.69) is 43.5 Å². The molecule has 3 rings (SSSR count). The van der Waals surface area contributed by atoms with Crippen molar-refractivity contribution < 1.29 is 14.3 Å². The summed E-state index contributed by atoms with van der Waals surface area (Å²) in [7, 11) is 0. The minimum absolute atomic E-state index is 0.159. The molecule has 32 heavy (non-hydrogen) atoms. The molecule has 7 heteroatoms. The minimum atomic E-state index is -0.346. The van der Waals surface area contributed by atoms with Crippen LogP contribution in [0, 0.1) is 5.92 Å². The molecule has 1 aromatic carbocycles. The highest BCUT2D eigenvalue weighted by molar-refractivity contribution is 7.80. The molecule has 0 bridgehead atoms. The first kappa shape index (κ1) is 24.1. The van der Waals surface area contributed by atoms with Crippen LogP contribution in [0.5, 0.6) is 0 Å². The Morgan fingerprint density at radius 1 is 1.28 bits per heavy atom. The lowest BCUT2D eigenvalue weighted by molar-refractivity contribution is -0.115. The van der Waals surface area contributed by atoms with Crippen LogP contribution in [0.3, 0.4) is 0 Å². The first-order valence-corrected chi connectivity index (χ1v) is 12.2. The van der Waals surface area contributed by atoms with Gasteiger partial charge in [0.15, 0.2) is 5.11 Å². The zero-order valence-corrected chi connectivity index (χ0v) is 20.6. The normalized spacial score (nSPS) is 15.5. The average Bonchev–Trinajstić information content (AvgIpc) is 3.09. The van der Waals surface area contributed by atoms with E-state index in [1.807, 2.05) is 12.1 Å². The predicted molar refractivity (Wildman–Crippen MR) is 135 cm³/mol. The van der Waals surface area contributed by atoms with Gasteiger partial charge in [0.2, 0.25) is 5.91 Å². The van der Waals surface area contributed by atoms with E-state index >= 15 is 0 Å². The molecule has 1 aliphatic carbocycles. The number of fused-ring (bicyclic) bond motifs is 1. The number of hydrogen-bond donors (Lipinski definition) is 2. The summed E-state index contributed by atoms with van der Waals surface area (Å²) < 4.78 is 5.28. The van der Waals surface area contributed by atoms with Gasteiger partial charge < -0.3 is 10.1 Å². The summed E-state index contributed by atoms with van der Waals surface area (Å²) in [5.74, 6) is 0.366. The summed E-state index contributed by atoms with van der Waals surface area (Å²) in [4.78, 5) is 26.1. The number of thiocarbonyl (C=S) groups is 1. The molecule has 0 unspecified atom stereocenters. The van der Waals surface area contributed by atoms with Gasteiger partial charge in [0.05, 0.1) is 12.2 Å². The molecule has 2 aromatic rings. The Labute approximate surface area is 199 Å². The molecule has 0 saturated heterocycles. The maximum absolute atomic E-state index is 12.6. The highest BCUT2D eigenvalue weighted by Gasteiger charge is 2.28. The van der Waals surface area contributed by atoms with Crippen LogP contribution in [-0.2, 0) is 22.4 Å². The van der Waals surface area contributed by atoms with Gasteiger partial charge in [-0.2, -0.15) is 0 Å². The number of carbonyl (C=O) groups excluding carboxylic acids is 2. The number of carbonyl (C=O) groups is 2. The molecule has 0 fully saturated rings. The fraction of sp³-hybridized carbons (Fsp3) is 0.400. The number of rotatable bonds is 6. The van der Waals surface area contributed by atoms with E-state index in [0.29, 0.717) is 29.0 Å². The smallest absolute Gasteiger partial charge is 0.341 e. The Morgan fingerprint density at radius 2 is 2.00 bits per heavy atom. The highest BCUT2D eigenvalue weighted by Crippen LogP contribution is 2.40. The lowest BCUT2D eigenvalue weighted by atomic mass is 9.88. The van der Waals surface area contributed by atoms with Crippen molar-refractivity contribution in [1.82, 2.24) is 5.32 Å². The molecule has 1 atom stereocenters. The second kappa shape index (κ2) is 10.9. The van der Waals surface area contributed by atoms with Crippen molar-refractivity contribution in [3.05, 3.63) is 57.5 Å². The first-order chi connectivity index (χ1) is 15.3. The van der Waals surface area contributed by atoms with Crippen LogP contribution in [-0.4, -0.2) is 23.6 Å². The van der Waals surface area contributed by atoms with Gasteiger partial charge in [-0.15, -0.1) is 11.3 Å². The van der Waals surface area contributed by atoms with Gasteiger partial charge in [0, 0.05) is 11.0 Å². The Bertz CT molecular complexity index is 1020. The number of thiophene rings is 1. The molecule has 1 aliphatic rings. The summed E-state index contributed by atoms with van der Waals surface area (Å²) in [6.45, 7) is 8.60. The maximum Gasteiger partial charge on any atom is 0.341 e. The Hall–Kier alpha value is -2.51. The first-order valence-electron chi connectivity index (χ1n) is 11.0. The van der Waals surface area contributed by atoms with Gasteiger partial charge in [0.1, 0.15) is 5.00 Å². The monoisotopic (exact) mass is 470 g/mol. The second-order valence-corrected chi connectivity index (χ2v) is 9.89. The van der Waals surface area contributed by atoms with E-state index in [0.717, 1.165) is 30.4 Å². The molecule has 0 spiro atoms. The summed E-state index contributed by atoms with van der Waals surface area (Å²) in [6.07, 6.45) is 6.02. The number of nitrogens with one attached hydrogen (secondary N) is 2. The number of amides is 1. The lowest BCUT2D eigenvalue weighted by Gasteiger charge is -2.18. The number of esters is 1. The van der Waals surface area contributed by atoms with E-state index in [4.69, 9.17) is 17.0 Å². The zero-order chi connectivity index (χ0) is 23.3. The highest BCUT2D eigenvalue weighted by atomic mass is 32.1. The van der Waals surface area contributed by atoms with Crippen LogP contribution < -0.4 is 10.6 Å². The molecular weight excluding hydrogens is 440 g/mol. The van der Waals surface area contributed by atoms with Crippen LogP contribution in [0.15, 0.2) is 30.3 Å². The van der Waals surface area contributed by atoms with Crippen LogP contribution in [0.1, 0.15) is 72.0 Å². The third-order valence-corrected chi connectivity index (χ3v) is 6.86. The Kier molecular flexibility index (Phi) is 8.21. The van der Waals surface area contributed by atoms with Gasteiger partial charge in [-0.1, -0.05) is 45.0 Å². The fourth-order valence-corrected chi connectivity index (χ4v) is 5.38. The zero-order valence-electron chi connectivity index (χ0n) is 19.0. The summed E-state index contributed by atoms with van der Waals surface area (Å²) in [6, 6.07) is 8.09. The van der Waals surface area contributed by atoms with E-state index < -0.39 is 0 Å². The minimum Gasteiger partial charge on any atom is -0.462 e. The molecule has 2 N–H and O–H groups in total. The largest absolute Gasteiger partial charge is 0.462 e. The second-order valence-electron chi connectivity index (χ2n) is 8.37. The lowest BCUT2D eigenvalue weighted by Crippen LogP contribution is -2.33. The Balaban J connectivity index is 1.67. The maximum atomic E-state index is 12.6. The average molecular weight is 471 g/mol. The molecule has 1 heterocycles. The topological polar surface area (TPSA) is 67.4 Å². The molecule has 170 valence electrons. The van der Waals surface area contributed by atoms with E-state index in [1.54, 1.807) is 13.0 Å². The van der Waals surface area contributed by atoms with Crippen LogP contribution in [0.2, 0.25) is 0 Å². The van der Waals surface area contributed by atoms with Gasteiger partial charge >= 0.3 is 5.97 Å². The molecule has 0 saturated carbocycles. The molecule has 5 nitrogen and oxygen atoms in total. The summed E-state index contributed by atoms with van der Waals surface area (Å²) in [5, 5.41) is 6.52. The molecule has 1 amide bonds. The molecule has 1 aromatic heterocycles. The van der Waals surface area contributed by atoms with Crippen molar-refractivity contribution >= 4 is 51.6 Å².